The van der Waals surface area contributed by atoms with Crippen molar-refractivity contribution in [2.75, 3.05) is 9.80 Å². The van der Waals surface area contributed by atoms with Crippen molar-refractivity contribution in [3.8, 4) is 34.4 Å². The smallest absolute Gasteiger partial charge is 0.158 e. The number of hydrogen-bond acceptors (Lipinski definition) is 6. The summed E-state index contributed by atoms with van der Waals surface area (Å²) in [6.07, 6.45) is 0. The SMILES string of the molecule is CC(C)c1ccccc1N(c1ccc2cc3c(cc2c1)oc1c(C#N)c2oc4cc5cc(N(c6ccccc6-c6ccccc6)c6ccccc6C(C)C)ccc5cc4c2c(C#N)c13)c1ccccc1-c1ccccc1. The fourth-order valence-electron chi connectivity index (χ4n) is 11.5. The molecular weight excluding hydrogens is 929 g/mol. The maximum absolute atomic E-state index is 11.2. The molecule has 0 atom stereocenters. The Labute approximate surface area is 441 Å². The maximum atomic E-state index is 11.2. The van der Waals surface area contributed by atoms with Crippen molar-refractivity contribution in [2.24, 2.45) is 0 Å². The number of furan rings is 2. The molecule has 0 aliphatic carbocycles. The van der Waals surface area contributed by atoms with Gasteiger partial charge in [-0.15, -0.1) is 0 Å². The van der Waals surface area contributed by atoms with Crippen LogP contribution in [0.3, 0.4) is 0 Å². The van der Waals surface area contributed by atoms with Crippen LogP contribution >= 0.6 is 0 Å². The van der Waals surface area contributed by atoms with Crippen LogP contribution in [0.1, 0.15) is 61.8 Å². The monoisotopic (exact) mass is 978 g/mol. The van der Waals surface area contributed by atoms with Crippen molar-refractivity contribution in [2.45, 2.75) is 39.5 Å². The van der Waals surface area contributed by atoms with E-state index < -0.39 is 0 Å². The third-order valence-corrected chi connectivity index (χ3v) is 15.0. The fraction of sp³-hybridized carbons (Fsp3) is 0.0857. The van der Waals surface area contributed by atoms with Gasteiger partial charge in [0.25, 0.3) is 0 Å². The number of nitrogens with zero attached hydrogens (tertiary/aromatic N) is 4. The van der Waals surface area contributed by atoms with Gasteiger partial charge in [0.15, 0.2) is 11.2 Å². The maximum Gasteiger partial charge on any atom is 0.158 e. The zero-order chi connectivity index (χ0) is 51.6. The third kappa shape index (κ3) is 7.54. The standard InChI is InChI=1S/C70H50N4O2/c1-43(2)53-23-11-15-27-61(53)73(63-29-17-13-25-55(63)45-19-7-5-8-20-45)51-33-31-47-37-57-65(39-49(47)35-51)75-69-60(42-72)70-68(59(41-71)67(57)69)58-38-48-32-34-52(36-50(48)40-66(58)76-70)74(62-28-16-12-24-54(62)44(3)4)64-30-18-14-26-56(64)46-21-9-6-10-22-46/h5-40,43-44H,1-4H3. The summed E-state index contributed by atoms with van der Waals surface area (Å²) in [6, 6.07) is 81.7. The molecule has 362 valence electrons. The van der Waals surface area contributed by atoms with Gasteiger partial charge in [0.2, 0.25) is 0 Å². The molecule has 2 aromatic heterocycles. The lowest BCUT2D eigenvalue weighted by molar-refractivity contribution is 0.654. The first-order valence-corrected chi connectivity index (χ1v) is 25.9. The predicted molar refractivity (Wildman–Crippen MR) is 314 cm³/mol. The number of benzene rings is 11. The summed E-state index contributed by atoms with van der Waals surface area (Å²) < 4.78 is 13.5. The Kier molecular flexibility index (Phi) is 11.2. The van der Waals surface area contributed by atoms with Gasteiger partial charge in [-0.05, 0) is 128 Å². The second kappa shape index (κ2) is 18.6. The van der Waals surface area contributed by atoms with Crippen molar-refractivity contribution in [1.82, 2.24) is 0 Å². The number of rotatable bonds is 10. The van der Waals surface area contributed by atoms with E-state index in [4.69, 9.17) is 8.83 Å². The predicted octanol–water partition coefficient (Wildman–Crippen LogP) is 20.1. The van der Waals surface area contributed by atoms with E-state index in [-0.39, 0.29) is 17.4 Å². The minimum atomic E-state index is 0.258. The average molecular weight is 979 g/mol. The van der Waals surface area contributed by atoms with E-state index >= 15 is 0 Å². The molecule has 0 aliphatic heterocycles. The van der Waals surface area contributed by atoms with Gasteiger partial charge >= 0.3 is 0 Å². The second-order valence-electron chi connectivity index (χ2n) is 20.2. The summed E-state index contributed by atoms with van der Waals surface area (Å²) in [7, 11) is 0. The van der Waals surface area contributed by atoms with E-state index in [1.807, 2.05) is 24.3 Å². The van der Waals surface area contributed by atoms with E-state index in [0.717, 1.165) is 88.7 Å². The van der Waals surface area contributed by atoms with Crippen molar-refractivity contribution in [3.63, 3.8) is 0 Å². The van der Waals surface area contributed by atoms with Crippen LogP contribution in [0.2, 0.25) is 0 Å². The summed E-state index contributed by atoms with van der Waals surface area (Å²) in [5, 5.41) is 28.8. The molecule has 0 spiro atoms. The van der Waals surface area contributed by atoms with E-state index in [9.17, 15) is 10.5 Å². The number of para-hydroxylation sites is 4. The zero-order valence-electron chi connectivity index (χ0n) is 42.5. The molecule has 2 heterocycles. The van der Waals surface area contributed by atoms with Crippen LogP contribution in [-0.2, 0) is 0 Å². The van der Waals surface area contributed by atoms with E-state index in [1.165, 1.54) is 11.1 Å². The Morgan fingerprint density at radius 2 is 0.750 bits per heavy atom. The average Bonchev–Trinajstić information content (AvgIpc) is 4.05. The minimum absolute atomic E-state index is 0.258. The Balaban J connectivity index is 0.971. The molecule has 6 nitrogen and oxygen atoms in total. The highest BCUT2D eigenvalue weighted by atomic mass is 16.3. The Bertz CT molecular complexity index is 4240. The molecule has 6 heteroatoms. The van der Waals surface area contributed by atoms with Crippen LogP contribution in [0, 0.1) is 22.7 Å². The van der Waals surface area contributed by atoms with Gasteiger partial charge in [0, 0.05) is 55.4 Å². The molecule has 0 unspecified atom stereocenters. The summed E-state index contributed by atoms with van der Waals surface area (Å²) in [6.45, 7) is 8.93. The summed E-state index contributed by atoms with van der Waals surface area (Å²) in [4.78, 5) is 4.72. The Hall–Kier alpha value is -9.88. The highest BCUT2D eigenvalue weighted by molar-refractivity contribution is 6.24. The molecule has 0 saturated heterocycles. The molecule has 0 N–H and O–H groups in total. The lowest BCUT2D eigenvalue weighted by Gasteiger charge is -2.30. The van der Waals surface area contributed by atoms with Crippen LogP contribution in [-0.4, -0.2) is 0 Å². The van der Waals surface area contributed by atoms with Gasteiger partial charge in [-0.3, -0.25) is 0 Å². The van der Waals surface area contributed by atoms with Crippen LogP contribution in [0.5, 0.6) is 0 Å². The second-order valence-corrected chi connectivity index (χ2v) is 20.2. The van der Waals surface area contributed by atoms with Gasteiger partial charge < -0.3 is 18.6 Å². The number of hydrogen-bond donors (Lipinski definition) is 0. The first-order valence-electron chi connectivity index (χ1n) is 25.9. The van der Waals surface area contributed by atoms with Gasteiger partial charge in [-0.25, -0.2) is 0 Å². The van der Waals surface area contributed by atoms with Crippen LogP contribution < -0.4 is 9.80 Å². The topological polar surface area (TPSA) is 80.3 Å². The van der Waals surface area contributed by atoms with Crippen LogP contribution in [0.15, 0.2) is 227 Å². The lowest BCUT2D eigenvalue weighted by Crippen LogP contribution is -2.13. The molecule has 0 fully saturated rings. The van der Waals surface area contributed by atoms with Gasteiger partial charge in [0.05, 0.1) is 16.9 Å². The largest absolute Gasteiger partial charge is 0.454 e. The molecule has 0 amide bonds. The molecule has 0 saturated carbocycles. The normalized spacial score (nSPS) is 11.6. The minimum Gasteiger partial charge on any atom is -0.454 e. The molecule has 13 rings (SSSR count). The Morgan fingerprint density at radius 3 is 1.16 bits per heavy atom. The van der Waals surface area contributed by atoms with E-state index in [1.54, 1.807) is 0 Å². The van der Waals surface area contributed by atoms with Crippen LogP contribution in [0.4, 0.5) is 34.1 Å². The molecule has 0 radical (unpaired) electrons. The first-order chi connectivity index (χ1) is 37.3. The van der Waals surface area contributed by atoms with Gasteiger partial charge in [-0.1, -0.05) is 173 Å². The summed E-state index contributed by atoms with van der Waals surface area (Å²) >= 11 is 0. The first kappa shape index (κ1) is 45.9. The van der Waals surface area contributed by atoms with Gasteiger partial charge in [0.1, 0.15) is 28.9 Å². The van der Waals surface area contributed by atoms with Crippen molar-refractivity contribution >= 4 is 99.5 Å². The molecular formula is C70H50N4O2. The zero-order valence-corrected chi connectivity index (χ0v) is 42.5. The number of anilines is 6. The number of fused-ring (bicyclic) bond motifs is 8. The van der Waals surface area contributed by atoms with E-state index in [2.05, 4.69) is 244 Å². The molecule has 0 aliphatic rings. The van der Waals surface area contributed by atoms with Crippen molar-refractivity contribution < 1.29 is 8.83 Å². The van der Waals surface area contributed by atoms with Gasteiger partial charge in [-0.2, -0.15) is 10.5 Å². The Morgan fingerprint density at radius 1 is 0.368 bits per heavy atom. The summed E-state index contributed by atoms with van der Waals surface area (Å²) in [5.41, 5.74) is 15.8. The third-order valence-electron chi connectivity index (χ3n) is 15.0. The molecule has 76 heavy (non-hydrogen) atoms. The molecule has 0 bridgehead atoms. The van der Waals surface area contributed by atoms with Crippen molar-refractivity contribution in [3.05, 3.63) is 241 Å². The summed E-state index contributed by atoms with van der Waals surface area (Å²) in [5.74, 6) is 0.545. The lowest BCUT2D eigenvalue weighted by atomic mass is 9.95. The highest BCUT2D eigenvalue weighted by Gasteiger charge is 2.28. The van der Waals surface area contributed by atoms with Crippen LogP contribution in [0.25, 0.3) is 87.7 Å². The fourth-order valence-corrected chi connectivity index (χ4v) is 11.5. The molecule has 13 aromatic rings. The van der Waals surface area contributed by atoms with Crippen molar-refractivity contribution in [1.29, 1.82) is 10.5 Å². The number of nitriles is 2. The quantitative estimate of drug-likeness (QED) is 0.136. The molecule has 11 aromatic carbocycles. The van der Waals surface area contributed by atoms with E-state index in [0.29, 0.717) is 38.7 Å². The highest BCUT2D eigenvalue weighted by Crippen LogP contribution is 2.49.